The minimum atomic E-state index is -0.449. The number of phenols is 1. The molecule has 28 heavy (non-hydrogen) atoms. The van der Waals surface area contributed by atoms with E-state index in [2.05, 4.69) is 9.98 Å². The van der Waals surface area contributed by atoms with Crippen molar-refractivity contribution < 1.29 is 14.4 Å². The van der Waals surface area contributed by atoms with Crippen LogP contribution >= 0.6 is 0 Å². The van der Waals surface area contributed by atoms with Gasteiger partial charge in [-0.15, -0.1) is 0 Å². The molecule has 4 aromatic rings. The number of fused-ring (bicyclic) bond motifs is 1. The Kier molecular flexibility index (Phi) is 4.33. The second-order valence-electron chi connectivity index (χ2n) is 6.25. The lowest BCUT2D eigenvalue weighted by Crippen LogP contribution is -1.88. The minimum absolute atomic E-state index is 0.0234. The summed E-state index contributed by atoms with van der Waals surface area (Å²) in [6.45, 7) is 1.94. The highest BCUT2D eigenvalue weighted by atomic mass is 16.6. The summed E-state index contributed by atoms with van der Waals surface area (Å²) in [4.78, 5) is 19.1. The summed E-state index contributed by atoms with van der Waals surface area (Å²) >= 11 is 0. The second kappa shape index (κ2) is 6.96. The van der Waals surface area contributed by atoms with E-state index >= 15 is 0 Å². The van der Waals surface area contributed by atoms with E-state index in [0.29, 0.717) is 22.7 Å². The molecule has 3 aromatic carbocycles. The summed E-state index contributed by atoms with van der Waals surface area (Å²) in [6, 6.07) is 16.6. The maximum atomic E-state index is 10.7. The van der Waals surface area contributed by atoms with Gasteiger partial charge in [-0.25, -0.2) is 4.98 Å². The molecule has 138 valence electrons. The largest absolute Gasteiger partial charge is 0.507 e. The number of benzene rings is 3. The van der Waals surface area contributed by atoms with Gasteiger partial charge in [0.05, 0.1) is 16.2 Å². The van der Waals surface area contributed by atoms with E-state index < -0.39 is 4.92 Å². The average molecular weight is 373 g/mol. The van der Waals surface area contributed by atoms with Gasteiger partial charge in [-0.3, -0.25) is 15.1 Å². The molecule has 0 aliphatic rings. The van der Waals surface area contributed by atoms with Gasteiger partial charge < -0.3 is 9.52 Å². The van der Waals surface area contributed by atoms with Crippen molar-refractivity contribution >= 4 is 28.7 Å². The van der Waals surface area contributed by atoms with E-state index in [9.17, 15) is 15.2 Å². The van der Waals surface area contributed by atoms with Crippen LogP contribution in [-0.4, -0.2) is 21.2 Å². The molecule has 4 rings (SSSR count). The standard InChI is InChI=1S/C21H15N3O4/c1-13-3-2-4-19-20(13)23-21(28-19)17-11-15(7-10-18(17)25)22-12-14-5-8-16(9-6-14)24(26)27/h2-12,25H,1H3. The summed E-state index contributed by atoms with van der Waals surface area (Å²) in [5.74, 6) is 0.354. The van der Waals surface area contributed by atoms with Gasteiger partial charge in [0.25, 0.3) is 5.69 Å². The number of aromatic nitrogens is 1. The zero-order valence-corrected chi connectivity index (χ0v) is 14.9. The summed E-state index contributed by atoms with van der Waals surface area (Å²) in [5, 5.41) is 20.9. The molecule has 0 bridgehead atoms. The highest BCUT2D eigenvalue weighted by Gasteiger charge is 2.14. The number of oxazole rings is 1. The molecule has 0 amide bonds. The van der Waals surface area contributed by atoms with E-state index in [1.54, 1.807) is 30.5 Å². The second-order valence-corrected chi connectivity index (χ2v) is 6.25. The van der Waals surface area contributed by atoms with Crippen molar-refractivity contribution in [2.45, 2.75) is 6.92 Å². The number of nitro groups is 1. The van der Waals surface area contributed by atoms with E-state index in [4.69, 9.17) is 4.42 Å². The van der Waals surface area contributed by atoms with Crippen molar-refractivity contribution in [1.29, 1.82) is 0 Å². The fourth-order valence-corrected chi connectivity index (χ4v) is 2.81. The predicted octanol–water partition coefficient (Wildman–Crippen LogP) is 5.17. The number of para-hydroxylation sites is 1. The zero-order chi connectivity index (χ0) is 19.7. The topological polar surface area (TPSA) is 102 Å². The molecule has 0 spiro atoms. The number of aryl methyl sites for hydroxylation is 1. The van der Waals surface area contributed by atoms with Crippen LogP contribution in [0.25, 0.3) is 22.6 Å². The maximum Gasteiger partial charge on any atom is 0.269 e. The Hall–Kier alpha value is -4.00. The molecule has 0 atom stereocenters. The Balaban J connectivity index is 1.66. The average Bonchev–Trinajstić information content (AvgIpc) is 3.13. The first-order chi connectivity index (χ1) is 13.5. The lowest BCUT2D eigenvalue weighted by molar-refractivity contribution is -0.384. The van der Waals surface area contributed by atoms with Crippen molar-refractivity contribution in [3.05, 3.63) is 81.9 Å². The SMILES string of the molecule is Cc1cccc2oc(-c3cc(N=Cc4ccc([N+](=O)[O-])cc4)ccc3O)nc12. The van der Waals surface area contributed by atoms with Gasteiger partial charge in [0.1, 0.15) is 11.3 Å². The molecule has 0 saturated carbocycles. The first-order valence-corrected chi connectivity index (χ1v) is 8.49. The monoisotopic (exact) mass is 373 g/mol. The van der Waals surface area contributed by atoms with Crippen LogP contribution in [0.2, 0.25) is 0 Å². The Morgan fingerprint density at radius 1 is 1.14 bits per heavy atom. The Labute approximate surface area is 159 Å². The fourth-order valence-electron chi connectivity index (χ4n) is 2.81. The number of nitrogens with zero attached hydrogens (tertiary/aromatic N) is 3. The molecule has 7 nitrogen and oxygen atoms in total. The number of non-ortho nitro benzene ring substituents is 1. The molecule has 1 N–H and O–H groups in total. The van der Waals surface area contributed by atoms with E-state index in [1.165, 1.54) is 18.2 Å². The van der Waals surface area contributed by atoms with Crippen LogP contribution in [-0.2, 0) is 0 Å². The summed E-state index contributed by atoms with van der Waals surface area (Å²) in [5.41, 5.74) is 4.15. The maximum absolute atomic E-state index is 10.7. The number of hydrogen-bond donors (Lipinski definition) is 1. The molecule has 0 aliphatic carbocycles. The molecule has 1 aromatic heterocycles. The van der Waals surface area contributed by atoms with Crippen LogP contribution in [0.4, 0.5) is 11.4 Å². The Bertz CT molecular complexity index is 1210. The van der Waals surface area contributed by atoms with Crippen LogP contribution in [0, 0.1) is 17.0 Å². The highest BCUT2D eigenvalue weighted by Crippen LogP contribution is 2.34. The summed E-state index contributed by atoms with van der Waals surface area (Å²) in [7, 11) is 0. The van der Waals surface area contributed by atoms with Gasteiger partial charge >= 0.3 is 0 Å². The van der Waals surface area contributed by atoms with E-state index in [1.807, 2.05) is 25.1 Å². The first-order valence-electron chi connectivity index (χ1n) is 8.49. The lowest BCUT2D eigenvalue weighted by atomic mass is 10.1. The van der Waals surface area contributed by atoms with Crippen molar-refractivity contribution in [1.82, 2.24) is 4.98 Å². The third-order valence-corrected chi connectivity index (χ3v) is 4.30. The Morgan fingerprint density at radius 3 is 2.64 bits per heavy atom. The van der Waals surface area contributed by atoms with Crippen LogP contribution < -0.4 is 0 Å². The van der Waals surface area contributed by atoms with Crippen LogP contribution in [0.1, 0.15) is 11.1 Å². The van der Waals surface area contributed by atoms with Gasteiger partial charge in [0.2, 0.25) is 5.89 Å². The minimum Gasteiger partial charge on any atom is -0.507 e. The van der Waals surface area contributed by atoms with Crippen molar-refractivity contribution in [3.63, 3.8) is 0 Å². The normalized spacial score (nSPS) is 11.3. The zero-order valence-electron chi connectivity index (χ0n) is 14.9. The fraction of sp³-hybridized carbons (Fsp3) is 0.0476. The summed E-state index contributed by atoms with van der Waals surface area (Å²) < 4.78 is 5.78. The predicted molar refractivity (Wildman–Crippen MR) is 106 cm³/mol. The molecule has 0 radical (unpaired) electrons. The van der Waals surface area contributed by atoms with Crippen LogP contribution in [0.15, 0.2) is 70.1 Å². The number of rotatable bonds is 4. The molecule has 0 fully saturated rings. The van der Waals surface area contributed by atoms with Gasteiger partial charge in [0, 0.05) is 18.3 Å². The lowest BCUT2D eigenvalue weighted by Gasteiger charge is -2.02. The third kappa shape index (κ3) is 3.33. The van der Waals surface area contributed by atoms with Gasteiger partial charge in [-0.05, 0) is 54.4 Å². The number of nitro benzene ring substituents is 1. The van der Waals surface area contributed by atoms with Crippen LogP contribution in [0.3, 0.4) is 0 Å². The number of aliphatic imine (C=N–C) groups is 1. The first kappa shape index (κ1) is 17.4. The molecule has 0 saturated heterocycles. The number of phenolic OH excluding ortho intramolecular Hbond substituents is 1. The summed E-state index contributed by atoms with van der Waals surface area (Å²) in [6.07, 6.45) is 1.59. The van der Waals surface area contributed by atoms with Crippen molar-refractivity contribution in [2.24, 2.45) is 4.99 Å². The molecule has 0 aliphatic heterocycles. The van der Waals surface area contributed by atoms with Gasteiger partial charge in [0.15, 0.2) is 5.58 Å². The molecular formula is C21H15N3O4. The Morgan fingerprint density at radius 2 is 1.93 bits per heavy atom. The number of hydrogen-bond acceptors (Lipinski definition) is 6. The van der Waals surface area contributed by atoms with E-state index in [0.717, 1.165) is 16.6 Å². The van der Waals surface area contributed by atoms with Crippen LogP contribution in [0.5, 0.6) is 5.75 Å². The van der Waals surface area contributed by atoms with Crippen molar-refractivity contribution in [2.75, 3.05) is 0 Å². The number of aromatic hydroxyl groups is 1. The quantitative estimate of drug-likeness (QED) is 0.302. The molecule has 0 unspecified atom stereocenters. The highest BCUT2D eigenvalue weighted by molar-refractivity contribution is 5.84. The van der Waals surface area contributed by atoms with E-state index in [-0.39, 0.29) is 11.4 Å². The third-order valence-electron chi connectivity index (χ3n) is 4.30. The molecule has 1 heterocycles. The van der Waals surface area contributed by atoms with Gasteiger partial charge in [-0.2, -0.15) is 0 Å². The van der Waals surface area contributed by atoms with Gasteiger partial charge in [-0.1, -0.05) is 12.1 Å². The molecule has 7 heteroatoms. The van der Waals surface area contributed by atoms with Crippen molar-refractivity contribution in [3.8, 4) is 17.2 Å². The smallest absolute Gasteiger partial charge is 0.269 e. The molecular weight excluding hydrogens is 358 g/mol.